The number of rotatable bonds is 81. The Bertz CT molecular complexity index is 2120. The normalized spacial score (nSPS) is 13.2. The number of carbonyl (C=O) groups is 3. The molecule has 0 rings (SSSR count). The van der Waals surface area contributed by atoms with Crippen molar-refractivity contribution >= 4 is 17.9 Å². The molecule has 0 bridgehead atoms. The lowest BCUT2D eigenvalue weighted by atomic mass is 10.0. The summed E-state index contributed by atoms with van der Waals surface area (Å²) in [5, 5.41) is 11.9. The van der Waals surface area contributed by atoms with Gasteiger partial charge in [-0.25, -0.2) is 0 Å². The van der Waals surface area contributed by atoms with E-state index in [9.17, 15) is 19.5 Å². The molecule has 0 aliphatic heterocycles. The number of unbranched alkanes of at least 4 members (excludes halogenated alkanes) is 46. The molecular weight excluding hydrogens is 1270 g/mol. The number of carboxylic acid groups (broad SMARTS) is 1. The Balaban J connectivity index is 3.99. The number of hydrogen-bond acceptors (Lipinski definition) is 8. The molecule has 0 N–H and O–H groups in total. The Morgan fingerprint density at radius 2 is 0.553 bits per heavy atom. The summed E-state index contributed by atoms with van der Waals surface area (Å²) < 4.78 is 22.9. The maximum atomic E-state index is 13.0. The Morgan fingerprint density at radius 1 is 0.301 bits per heavy atom. The smallest absolute Gasteiger partial charge is 0.306 e. The summed E-state index contributed by atoms with van der Waals surface area (Å²) in [5.74, 6) is -2.27. The first-order valence-corrected chi connectivity index (χ1v) is 43.7. The molecule has 9 nitrogen and oxygen atoms in total. The predicted octanol–water partition coefficient (Wildman–Crippen LogP) is 27.3. The molecular formula is C94H165NO8. The Kier molecular flexibility index (Phi) is 79.8. The van der Waals surface area contributed by atoms with E-state index in [2.05, 4.69) is 135 Å². The minimum atomic E-state index is -1.63. The van der Waals surface area contributed by atoms with E-state index < -0.39 is 24.3 Å². The van der Waals surface area contributed by atoms with Crippen LogP contribution in [0.5, 0.6) is 0 Å². The van der Waals surface area contributed by atoms with Gasteiger partial charge in [-0.3, -0.25) is 9.59 Å². The van der Waals surface area contributed by atoms with Crippen LogP contribution in [0, 0.1) is 0 Å². The fourth-order valence-corrected chi connectivity index (χ4v) is 12.6. The van der Waals surface area contributed by atoms with Crippen molar-refractivity contribution in [1.29, 1.82) is 0 Å². The summed E-state index contributed by atoms with van der Waals surface area (Å²) in [4.78, 5) is 37.7. The zero-order valence-corrected chi connectivity index (χ0v) is 68.2. The second kappa shape index (κ2) is 83.3. The van der Waals surface area contributed by atoms with Crippen LogP contribution >= 0.6 is 0 Å². The van der Waals surface area contributed by atoms with Gasteiger partial charge in [-0.1, -0.05) is 399 Å². The van der Waals surface area contributed by atoms with Crippen LogP contribution in [0.4, 0.5) is 0 Å². The van der Waals surface area contributed by atoms with Crippen LogP contribution in [-0.4, -0.2) is 82.3 Å². The van der Waals surface area contributed by atoms with Gasteiger partial charge in [-0.05, 0) is 109 Å². The highest BCUT2D eigenvalue weighted by Gasteiger charge is 2.22. The van der Waals surface area contributed by atoms with E-state index in [1.54, 1.807) is 0 Å². The van der Waals surface area contributed by atoms with Crippen LogP contribution in [-0.2, 0) is 33.3 Å². The molecule has 0 radical (unpaired) electrons. The SMILES string of the molecule is CC/C=C\C/C=C\C/C=C\C/C=C\C/C=C\C/C=C\C/C=C\C/C=C\C/C=C\CCCCCCCCCCCCCCCC(=O)OC(COC(=O)CCCCCCCCCCCCCCCCCCCCCCCCCCC/C=C\CCCCCCCCCC)COC(OCC[N+](C)(C)C)C(=O)[O-]. The fraction of sp³-hybridized carbons (Fsp3) is 0.755. The Hall–Kier alpha value is -4.31. The highest BCUT2D eigenvalue weighted by atomic mass is 16.7. The highest BCUT2D eigenvalue weighted by Crippen LogP contribution is 2.19. The molecule has 103 heavy (non-hydrogen) atoms. The van der Waals surface area contributed by atoms with Crippen LogP contribution in [0.2, 0.25) is 0 Å². The molecule has 0 aliphatic carbocycles. The number of quaternary nitrogens is 1. The minimum absolute atomic E-state index is 0.145. The number of ether oxygens (including phenoxy) is 4. The minimum Gasteiger partial charge on any atom is -0.545 e. The molecule has 0 aromatic heterocycles. The van der Waals surface area contributed by atoms with E-state index in [1.807, 2.05) is 21.1 Å². The zero-order chi connectivity index (χ0) is 74.6. The van der Waals surface area contributed by atoms with Crippen molar-refractivity contribution in [2.75, 3.05) is 47.5 Å². The number of allylic oxidation sites excluding steroid dienone is 20. The van der Waals surface area contributed by atoms with Gasteiger partial charge >= 0.3 is 11.9 Å². The van der Waals surface area contributed by atoms with Crippen molar-refractivity contribution in [3.63, 3.8) is 0 Å². The number of carbonyl (C=O) groups excluding carboxylic acids is 3. The third-order valence-corrected chi connectivity index (χ3v) is 19.2. The third kappa shape index (κ3) is 84.8. The number of likely N-dealkylation sites (N-methyl/N-ethyl adjacent to an activating group) is 1. The summed E-state index contributed by atoms with van der Waals surface area (Å²) in [7, 11) is 5.95. The zero-order valence-electron chi connectivity index (χ0n) is 68.2. The lowest BCUT2D eigenvalue weighted by molar-refractivity contribution is -0.870. The second-order valence-corrected chi connectivity index (χ2v) is 30.4. The first kappa shape index (κ1) is 98.7. The molecule has 0 fully saturated rings. The predicted molar refractivity (Wildman–Crippen MR) is 444 cm³/mol. The molecule has 0 spiro atoms. The van der Waals surface area contributed by atoms with Gasteiger partial charge in [-0.2, -0.15) is 0 Å². The van der Waals surface area contributed by atoms with Crippen molar-refractivity contribution in [1.82, 2.24) is 0 Å². The number of nitrogens with zero attached hydrogens (tertiary/aromatic N) is 1. The maximum Gasteiger partial charge on any atom is 0.306 e. The van der Waals surface area contributed by atoms with Gasteiger partial charge in [0.05, 0.1) is 40.3 Å². The van der Waals surface area contributed by atoms with Crippen LogP contribution in [0.25, 0.3) is 0 Å². The van der Waals surface area contributed by atoms with Gasteiger partial charge in [-0.15, -0.1) is 0 Å². The lowest BCUT2D eigenvalue weighted by Gasteiger charge is -2.26. The van der Waals surface area contributed by atoms with Crippen molar-refractivity contribution < 1.29 is 42.9 Å². The molecule has 9 heteroatoms. The molecule has 0 saturated carbocycles. The van der Waals surface area contributed by atoms with E-state index in [0.29, 0.717) is 23.9 Å². The Morgan fingerprint density at radius 3 is 0.835 bits per heavy atom. The van der Waals surface area contributed by atoms with Crippen molar-refractivity contribution in [3.05, 3.63) is 122 Å². The average molecular weight is 1440 g/mol. The van der Waals surface area contributed by atoms with Gasteiger partial charge in [0, 0.05) is 12.8 Å². The van der Waals surface area contributed by atoms with Gasteiger partial charge in [0.25, 0.3) is 0 Å². The van der Waals surface area contributed by atoms with E-state index in [4.69, 9.17) is 18.9 Å². The van der Waals surface area contributed by atoms with Crippen molar-refractivity contribution in [3.8, 4) is 0 Å². The lowest BCUT2D eigenvalue weighted by Crippen LogP contribution is -2.44. The van der Waals surface area contributed by atoms with Gasteiger partial charge in [0.2, 0.25) is 0 Å². The molecule has 0 aromatic carbocycles. The Labute approximate surface area is 637 Å². The van der Waals surface area contributed by atoms with Crippen molar-refractivity contribution in [2.24, 2.45) is 0 Å². The van der Waals surface area contributed by atoms with E-state index in [-0.39, 0.29) is 32.2 Å². The van der Waals surface area contributed by atoms with Gasteiger partial charge in [0.1, 0.15) is 13.2 Å². The third-order valence-electron chi connectivity index (χ3n) is 19.2. The molecule has 0 saturated heterocycles. The van der Waals surface area contributed by atoms with Crippen LogP contribution < -0.4 is 5.11 Å². The first-order valence-electron chi connectivity index (χ1n) is 43.7. The number of aliphatic carboxylic acids is 1. The summed E-state index contributed by atoms with van der Waals surface area (Å²) >= 11 is 0. The largest absolute Gasteiger partial charge is 0.545 e. The molecule has 2 atom stereocenters. The summed E-state index contributed by atoms with van der Waals surface area (Å²) in [6.07, 6.45) is 116. The molecule has 2 unspecified atom stereocenters. The monoisotopic (exact) mass is 1440 g/mol. The molecule has 594 valence electrons. The number of hydrogen-bond donors (Lipinski definition) is 0. The molecule has 0 amide bonds. The summed E-state index contributed by atoms with van der Waals surface area (Å²) in [6, 6.07) is 0. The van der Waals surface area contributed by atoms with Gasteiger partial charge < -0.3 is 33.3 Å². The van der Waals surface area contributed by atoms with E-state index in [1.165, 1.54) is 270 Å². The van der Waals surface area contributed by atoms with E-state index in [0.717, 1.165) is 96.3 Å². The maximum absolute atomic E-state index is 13.0. The summed E-state index contributed by atoms with van der Waals surface area (Å²) in [6.45, 7) is 4.68. The van der Waals surface area contributed by atoms with Crippen LogP contribution in [0.15, 0.2) is 122 Å². The topological polar surface area (TPSA) is 111 Å². The van der Waals surface area contributed by atoms with Crippen LogP contribution in [0.1, 0.15) is 399 Å². The summed E-state index contributed by atoms with van der Waals surface area (Å²) in [5.41, 5.74) is 0. The van der Waals surface area contributed by atoms with Crippen molar-refractivity contribution in [2.45, 2.75) is 411 Å². The standard InChI is InChI=1S/C94H165NO8/c1-6-8-10-12-14-16-18-20-22-24-26-28-30-32-34-36-38-40-42-44-45-46-47-49-51-53-55-57-59-61-63-65-67-69-71-73-75-77-79-81-83-85-92(97)103-90(89-102-94(93(98)99)100-87-86-95(3,4)5)88-101-91(96)84-82-80-78-76-74-72-70-68-66-64-62-60-58-56-54-52-50-48-43-41-39-37-35-33-31-29-27-25-23-21-19-17-15-13-11-9-7-2/h8,10,14,16,20,22,25-28,32,34,38,40,44-45,47,49,53,55,90,94H,6-7,9,11-13,15,17-19,21,23-24,29-31,33,35-37,39,41-43,46,48,50-52,54,56-89H2,1-5H3/b10-8-,16-14-,22-20-,27-25-,28-26-,34-32-,40-38-,45-44-,49-47-,55-53-. The molecule has 0 aliphatic rings. The number of esters is 2. The average Bonchev–Trinajstić information content (AvgIpc) is 1.01. The molecule has 0 aromatic rings. The second-order valence-electron chi connectivity index (χ2n) is 30.4. The quantitative estimate of drug-likeness (QED) is 0.0195. The first-order chi connectivity index (χ1) is 50.6. The van der Waals surface area contributed by atoms with Crippen LogP contribution in [0.3, 0.4) is 0 Å². The van der Waals surface area contributed by atoms with Gasteiger partial charge in [0.15, 0.2) is 12.4 Å². The fourth-order valence-electron chi connectivity index (χ4n) is 12.6. The number of carboxylic acids is 1. The van der Waals surface area contributed by atoms with E-state index >= 15 is 0 Å². The highest BCUT2D eigenvalue weighted by molar-refractivity contribution is 5.70. The molecule has 0 heterocycles.